The number of carbonyl (C=O) groups excluding carboxylic acids is 2. The number of amides is 2. The van der Waals surface area contributed by atoms with Gasteiger partial charge in [-0.1, -0.05) is 58.4 Å². The molecule has 0 fully saturated rings. The van der Waals surface area contributed by atoms with E-state index < -0.39 is 6.04 Å². The zero-order valence-electron chi connectivity index (χ0n) is 17.4. The molecular formula is C23H29BrN2O2S. The van der Waals surface area contributed by atoms with Crippen LogP contribution in [0.3, 0.4) is 0 Å². The molecule has 0 aliphatic rings. The third kappa shape index (κ3) is 8.23. The topological polar surface area (TPSA) is 49.4 Å². The third-order valence-electron chi connectivity index (χ3n) is 4.27. The van der Waals surface area contributed by atoms with E-state index in [9.17, 15) is 9.59 Å². The Morgan fingerprint density at radius 1 is 1.03 bits per heavy atom. The number of nitrogens with zero attached hydrogens (tertiary/aromatic N) is 1. The first kappa shape index (κ1) is 23.5. The maximum absolute atomic E-state index is 13.0. The van der Waals surface area contributed by atoms with Crippen molar-refractivity contribution in [3.8, 4) is 0 Å². The molecule has 0 saturated heterocycles. The number of hydrogen-bond acceptors (Lipinski definition) is 3. The number of rotatable bonds is 8. The van der Waals surface area contributed by atoms with Gasteiger partial charge < -0.3 is 10.2 Å². The number of benzene rings is 2. The van der Waals surface area contributed by atoms with Gasteiger partial charge in [0, 0.05) is 22.3 Å². The quantitative estimate of drug-likeness (QED) is 0.581. The molecule has 0 radical (unpaired) electrons. The molecule has 2 aromatic rings. The lowest BCUT2D eigenvalue weighted by molar-refractivity contribution is -0.139. The number of nitrogens with one attached hydrogen (secondary N) is 1. The van der Waals surface area contributed by atoms with Crippen molar-refractivity contribution in [2.75, 3.05) is 5.75 Å². The Morgan fingerprint density at radius 2 is 1.66 bits per heavy atom. The van der Waals surface area contributed by atoms with Crippen LogP contribution in [0.25, 0.3) is 0 Å². The molecule has 0 unspecified atom stereocenters. The monoisotopic (exact) mass is 476 g/mol. The largest absolute Gasteiger partial charge is 0.350 e. The van der Waals surface area contributed by atoms with Gasteiger partial charge in [0.2, 0.25) is 11.8 Å². The van der Waals surface area contributed by atoms with Crippen LogP contribution in [0.4, 0.5) is 0 Å². The van der Waals surface area contributed by atoms with Gasteiger partial charge in [0.1, 0.15) is 6.04 Å². The molecule has 156 valence electrons. The molecule has 0 saturated carbocycles. The Labute approximate surface area is 186 Å². The molecule has 4 nitrogen and oxygen atoms in total. The van der Waals surface area contributed by atoms with Crippen LogP contribution in [0.2, 0.25) is 0 Å². The molecule has 1 atom stereocenters. The predicted octanol–water partition coefficient (Wildman–Crippen LogP) is 5.01. The summed E-state index contributed by atoms with van der Waals surface area (Å²) >= 11 is 5.00. The van der Waals surface area contributed by atoms with E-state index in [2.05, 4.69) is 33.4 Å². The van der Waals surface area contributed by atoms with Crippen molar-refractivity contribution in [2.45, 2.75) is 51.6 Å². The molecule has 6 heteroatoms. The summed E-state index contributed by atoms with van der Waals surface area (Å²) < 4.78 is 0.982. The summed E-state index contributed by atoms with van der Waals surface area (Å²) in [5.74, 6) is 0.918. The fraction of sp³-hybridized carbons (Fsp3) is 0.391. The van der Waals surface area contributed by atoms with E-state index in [0.29, 0.717) is 12.3 Å². The highest BCUT2D eigenvalue weighted by Crippen LogP contribution is 2.18. The van der Waals surface area contributed by atoms with E-state index in [1.165, 1.54) is 5.56 Å². The number of hydrogen-bond donors (Lipinski definition) is 1. The van der Waals surface area contributed by atoms with Gasteiger partial charge in [-0.2, -0.15) is 0 Å². The Hall–Kier alpha value is -1.79. The van der Waals surface area contributed by atoms with Gasteiger partial charge in [-0.3, -0.25) is 9.59 Å². The van der Waals surface area contributed by atoms with Gasteiger partial charge in [0.05, 0.1) is 5.75 Å². The van der Waals surface area contributed by atoms with E-state index in [1.54, 1.807) is 23.6 Å². The molecule has 0 bridgehead atoms. The van der Waals surface area contributed by atoms with E-state index in [1.807, 2.05) is 63.2 Å². The molecule has 0 aliphatic heterocycles. The molecule has 2 rings (SSSR count). The number of thioether (sulfide) groups is 1. The van der Waals surface area contributed by atoms with Crippen LogP contribution in [0.1, 0.15) is 38.8 Å². The molecule has 2 amide bonds. The lowest BCUT2D eigenvalue weighted by atomic mass is 10.1. The van der Waals surface area contributed by atoms with E-state index in [-0.39, 0.29) is 17.4 Å². The van der Waals surface area contributed by atoms with Crippen molar-refractivity contribution in [2.24, 2.45) is 0 Å². The van der Waals surface area contributed by atoms with Crippen LogP contribution in [0, 0.1) is 0 Å². The van der Waals surface area contributed by atoms with Crippen LogP contribution in [-0.2, 0) is 21.9 Å². The first-order valence-corrected chi connectivity index (χ1v) is 11.6. The Kier molecular flexibility index (Phi) is 8.78. The van der Waals surface area contributed by atoms with Gasteiger partial charge in [0.25, 0.3) is 0 Å². The Balaban J connectivity index is 2.08. The fourth-order valence-corrected chi connectivity index (χ4v) is 3.89. The van der Waals surface area contributed by atoms with Crippen LogP contribution in [0.15, 0.2) is 59.1 Å². The Morgan fingerprint density at radius 3 is 2.24 bits per heavy atom. The number of halogens is 1. The Bertz CT molecular complexity index is 804. The minimum absolute atomic E-state index is 0.0367. The first-order valence-electron chi connectivity index (χ1n) is 9.63. The zero-order chi connectivity index (χ0) is 21.4. The summed E-state index contributed by atoms with van der Waals surface area (Å²) in [6.07, 6.45) is 0. The molecule has 1 N–H and O–H groups in total. The average molecular weight is 477 g/mol. The lowest BCUT2D eigenvalue weighted by Crippen LogP contribution is -2.52. The number of carbonyl (C=O) groups is 2. The summed E-state index contributed by atoms with van der Waals surface area (Å²) in [6.45, 7) is 8.01. The van der Waals surface area contributed by atoms with Crippen LogP contribution >= 0.6 is 27.7 Å². The third-order valence-corrected chi connectivity index (χ3v) is 5.79. The average Bonchev–Trinajstić information content (AvgIpc) is 2.66. The standard InChI is InChI=1S/C23H29BrN2O2S/c1-17(22(28)25-23(2,3)4)26(14-18-10-12-20(24)13-11-18)21(27)16-29-15-19-8-6-5-7-9-19/h5-13,17H,14-16H2,1-4H3,(H,25,28)/t17-/m0/s1. The zero-order valence-corrected chi connectivity index (χ0v) is 19.8. The highest BCUT2D eigenvalue weighted by Gasteiger charge is 2.28. The minimum Gasteiger partial charge on any atom is -0.350 e. The van der Waals surface area contributed by atoms with Gasteiger partial charge >= 0.3 is 0 Å². The van der Waals surface area contributed by atoms with Gasteiger partial charge in [0.15, 0.2) is 0 Å². The van der Waals surface area contributed by atoms with Crippen molar-refractivity contribution in [1.82, 2.24) is 10.2 Å². The summed E-state index contributed by atoms with van der Waals surface area (Å²) in [6, 6.07) is 17.4. The summed E-state index contributed by atoms with van der Waals surface area (Å²) in [5.41, 5.74) is 1.83. The van der Waals surface area contributed by atoms with E-state index in [0.717, 1.165) is 15.8 Å². The van der Waals surface area contributed by atoms with Crippen molar-refractivity contribution < 1.29 is 9.59 Å². The smallest absolute Gasteiger partial charge is 0.242 e. The normalized spacial score (nSPS) is 12.3. The molecule has 0 heterocycles. The SMILES string of the molecule is C[C@@H](C(=O)NC(C)(C)C)N(Cc1ccc(Br)cc1)C(=O)CSCc1ccccc1. The second-order valence-electron chi connectivity index (χ2n) is 8.04. The van der Waals surface area contributed by atoms with Crippen LogP contribution in [-0.4, -0.2) is 34.0 Å². The van der Waals surface area contributed by atoms with Gasteiger partial charge in [-0.05, 0) is 51.0 Å². The van der Waals surface area contributed by atoms with Crippen LogP contribution in [0.5, 0.6) is 0 Å². The van der Waals surface area contributed by atoms with Crippen molar-refractivity contribution >= 4 is 39.5 Å². The molecule has 0 aliphatic carbocycles. The summed E-state index contributed by atoms with van der Waals surface area (Å²) in [7, 11) is 0. The second-order valence-corrected chi connectivity index (χ2v) is 9.94. The lowest BCUT2D eigenvalue weighted by Gasteiger charge is -2.31. The highest BCUT2D eigenvalue weighted by molar-refractivity contribution is 9.10. The summed E-state index contributed by atoms with van der Waals surface area (Å²) in [4.78, 5) is 27.4. The van der Waals surface area contributed by atoms with Gasteiger partial charge in [-0.25, -0.2) is 0 Å². The molecular weight excluding hydrogens is 448 g/mol. The van der Waals surface area contributed by atoms with Crippen molar-refractivity contribution in [1.29, 1.82) is 0 Å². The molecule has 29 heavy (non-hydrogen) atoms. The van der Waals surface area contributed by atoms with Gasteiger partial charge in [-0.15, -0.1) is 11.8 Å². The first-order chi connectivity index (χ1) is 13.7. The maximum atomic E-state index is 13.0. The van der Waals surface area contributed by atoms with Crippen LogP contribution < -0.4 is 5.32 Å². The van der Waals surface area contributed by atoms with Crippen molar-refractivity contribution in [3.63, 3.8) is 0 Å². The summed E-state index contributed by atoms with van der Waals surface area (Å²) in [5, 5.41) is 2.98. The van der Waals surface area contributed by atoms with Crippen molar-refractivity contribution in [3.05, 3.63) is 70.2 Å². The van der Waals surface area contributed by atoms with E-state index >= 15 is 0 Å². The molecule has 0 aromatic heterocycles. The minimum atomic E-state index is -0.553. The highest BCUT2D eigenvalue weighted by atomic mass is 79.9. The predicted molar refractivity (Wildman–Crippen MR) is 125 cm³/mol. The molecule has 0 spiro atoms. The fourth-order valence-electron chi connectivity index (χ4n) is 2.76. The van der Waals surface area contributed by atoms with E-state index in [4.69, 9.17) is 0 Å². The maximum Gasteiger partial charge on any atom is 0.242 e. The molecule has 2 aromatic carbocycles. The second kappa shape index (κ2) is 10.8.